The third-order valence-electron chi connectivity index (χ3n) is 3.96. The Morgan fingerprint density at radius 1 is 1.09 bits per heavy atom. The van der Waals surface area contributed by atoms with Gasteiger partial charge in [-0.2, -0.15) is 0 Å². The normalized spacial score (nSPS) is 18.3. The van der Waals surface area contributed by atoms with E-state index in [1.165, 1.54) is 12.8 Å². The smallest absolute Gasteiger partial charge is 0.246 e. The van der Waals surface area contributed by atoms with Crippen molar-refractivity contribution in [2.75, 3.05) is 26.3 Å². The minimum absolute atomic E-state index is 0.0629. The fourth-order valence-corrected chi connectivity index (χ4v) is 3.06. The predicted octanol–water partition coefficient (Wildman–Crippen LogP) is 3.53. The first-order valence-corrected chi connectivity index (χ1v) is 8.18. The summed E-state index contributed by atoms with van der Waals surface area (Å²) in [6, 6.07) is 3.65. The van der Waals surface area contributed by atoms with Crippen LogP contribution in [-0.2, 0) is 4.79 Å². The molecule has 0 bridgehead atoms. The van der Waals surface area contributed by atoms with Gasteiger partial charge in [-0.3, -0.25) is 4.79 Å². The molecule has 0 aromatic heterocycles. The molecule has 2 aliphatic rings. The number of likely N-dealkylation sites (tertiary alicyclic amines) is 1. The molecule has 3 rings (SSSR count). The zero-order valence-electron chi connectivity index (χ0n) is 12.5. The van der Waals surface area contributed by atoms with Crippen molar-refractivity contribution in [2.45, 2.75) is 25.7 Å². The number of benzene rings is 1. The largest absolute Gasteiger partial charge is 0.486 e. The SMILES string of the molecule is O=C(/C=C/c1cc(Cl)c2c(c1)OCCO2)N1CCCCCC1. The molecule has 0 spiro atoms. The molecule has 0 unspecified atom stereocenters. The first kappa shape index (κ1) is 15.2. The van der Waals surface area contributed by atoms with Crippen molar-refractivity contribution < 1.29 is 14.3 Å². The van der Waals surface area contributed by atoms with Crippen LogP contribution >= 0.6 is 11.6 Å². The number of fused-ring (bicyclic) bond motifs is 1. The van der Waals surface area contributed by atoms with E-state index in [4.69, 9.17) is 21.1 Å². The van der Waals surface area contributed by atoms with Crippen molar-refractivity contribution >= 4 is 23.6 Å². The average molecular weight is 322 g/mol. The highest BCUT2D eigenvalue weighted by Crippen LogP contribution is 2.38. The second-order valence-electron chi connectivity index (χ2n) is 5.60. The summed E-state index contributed by atoms with van der Waals surface area (Å²) in [5, 5.41) is 0.513. The number of rotatable bonds is 2. The van der Waals surface area contributed by atoms with Gasteiger partial charge in [0, 0.05) is 19.2 Å². The fourth-order valence-electron chi connectivity index (χ4n) is 2.79. The van der Waals surface area contributed by atoms with Gasteiger partial charge in [-0.05, 0) is 36.6 Å². The minimum Gasteiger partial charge on any atom is -0.486 e. The highest BCUT2D eigenvalue weighted by atomic mass is 35.5. The van der Waals surface area contributed by atoms with Crippen molar-refractivity contribution in [1.29, 1.82) is 0 Å². The fraction of sp³-hybridized carbons (Fsp3) is 0.471. The monoisotopic (exact) mass is 321 g/mol. The van der Waals surface area contributed by atoms with Crippen molar-refractivity contribution in [1.82, 2.24) is 4.90 Å². The minimum atomic E-state index is 0.0629. The summed E-state index contributed by atoms with van der Waals surface area (Å²) in [5.74, 6) is 1.29. The number of carbonyl (C=O) groups excluding carboxylic acids is 1. The lowest BCUT2D eigenvalue weighted by Crippen LogP contribution is -2.30. The molecule has 0 saturated carbocycles. The molecule has 1 fully saturated rings. The Balaban J connectivity index is 1.72. The zero-order chi connectivity index (χ0) is 15.4. The van der Waals surface area contributed by atoms with Gasteiger partial charge in [0.2, 0.25) is 5.91 Å². The van der Waals surface area contributed by atoms with E-state index < -0.39 is 0 Å². The van der Waals surface area contributed by atoms with E-state index >= 15 is 0 Å². The Labute approximate surface area is 135 Å². The molecule has 5 heteroatoms. The van der Waals surface area contributed by atoms with Crippen molar-refractivity contribution in [3.8, 4) is 11.5 Å². The second kappa shape index (κ2) is 7.05. The summed E-state index contributed by atoms with van der Waals surface area (Å²) in [6.07, 6.45) is 8.02. The molecule has 4 nitrogen and oxygen atoms in total. The number of nitrogens with zero attached hydrogens (tertiary/aromatic N) is 1. The molecule has 1 amide bonds. The number of halogens is 1. The van der Waals surface area contributed by atoms with Gasteiger partial charge in [-0.1, -0.05) is 24.4 Å². The summed E-state index contributed by atoms with van der Waals surface area (Å²) >= 11 is 6.20. The van der Waals surface area contributed by atoms with E-state index in [-0.39, 0.29) is 5.91 Å². The lowest BCUT2D eigenvalue weighted by molar-refractivity contribution is -0.125. The molecule has 1 aromatic carbocycles. The van der Waals surface area contributed by atoms with Crippen molar-refractivity contribution in [2.24, 2.45) is 0 Å². The Kier molecular flexibility index (Phi) is 4.88. The Bertz CT molecular complexity index is 578. The molecule has 0 N–H and O–H groups in total. The van der Waals surface area contributed by atoms with Gasteiger partial charge < -0.3 is 14.4 Å². The third kappa shape index (κ3) is 3.55. The van der Waals surface area contributed by atoms with Crippen LogP contribution in [0.2, 0.25) is 5.02 Å². The first-order valence-electron chi connectivity index (χ1n) is 7.80. The molecule has 0 radical (unpaired) electrons. The summed E-state index contributed by atoms with van der Waals surface area (Å²) < 4.78 is 11.0. The molecular weight excluding hydrogens is 302 g/mol. The van der Waals surface area contributed by atoms with Crippen LogP contribution in [0, 0.1) is 0 Å². The summed E-state index contributed by atoms with van der Waals surface area (Å²) in [4.78, 5) is 14.2. The van der Waals surface area contributed by atoms with E-state index in [2.05, 4.69) is 0 Å². The van der Waals surface area contributed by atoms with Crippen LogP contribution in [0.4, 0.5) is 0 Å². The average Bonchev–Trinajstić information content (AvgIpc) is 2.82. The predicted molar refractivity (Wildman–Crippen MR) is 86.5 cm³/mol. The van der Waals surface area contributed by atoms with Crippen LogP contribution in [-0.4, -0.2) is 37.1 Å². The van der Waals surface area contributed by atoms with Crippen LogP contribution in [0.15, 0.2) is 18.2 Å². The van der Waals surface area contributed by atoms with E-state index in [1.807, 2.05) is 11.0 Å². The van der Waals surface area contributed by atoms with Crippen molar-refractivity contribution in [3.63, 3.8) is 0 Å². The van der Waals surface area contributed by atoms with Crippen LogP contribution < -0.4 is 9.47 Å². The number of hydrogen-bond acceptors (Lipinski definition) is 3. The van der Waals surface area contributed by atoms with Gasteiger partial charge in [0.15, 0.2) is 11.5 Å². The summed E-state index contributed by atoms with van der Waals surface area (Å²) in [7, 11) is 0. The first-order chi connectivity index (χ1) is 10.7. The van der Waals surface area contributed by atoms with E-state index in [0.717, 1.165) is 31.5 Å². The molecule has 1 saturated heterocycles. The number of ether oxygens (including phenoxy) is 2. The van der Waals surface area contributed by atoms with Crippen molar-refractivity contribution in [3.05, 3.63) is 28.8 Å². The molecule has 2 aliphatic heterocycles. The quantitative estimate of drug-likeness (QED) is 0.782. The maximum Gasteiger partial charge on any atom is 0.246 e. The van der Waals surface area contributed by atoms with E-state index in [1.54, 1.807) is 18.2 Å². The number of hydrogen-bond donors (Lipinski definition) is 0. The second-order valence-corrected chi connectivity index (χ2v) is 6.01. The Morgan fingerprint density at radius 3 is 2.59 bits per heavy atom. The maximum absolute atomic E-state index is 12.2. The lowest BCUT2D eigenvalue weighted by Gasteiger charge is -2.20. The van der Waals surface area contributed by atoms with Gasteiger partial charge in [0.25, 0.3) is 0 Å². The van der Waals surface area contributed by atoms with Gasteiger partial charge in [0.1, 0.15) is 13.2 Å². The highest BCUT2D eigenvalue weighted by molar-refractivity contribution is 6.32. The molecule has 118 valence electrons. The molecule has 0 atom stereocenters. The molecular formula is C17H20ClNO3. The molecule has 0 aliphatic carbocycles. The molecule has 2 heterocycles. The standard InChI is InChI=1S/C17H20ClNO3/c18-14-11-13(12-15-17(14)22-10-9-21-15)5-6-16(20)19-7-3-1-2-4-8-19/h5-6,11-12H,1-4,7-10H2/b6-5+. The van der Waals surface area contributed by atoms with Gasteiger partial charge in [0.05, 0.1) is 5.02 Å². The molecule has 1 aromatic rings. The summed E-state index contributed by atoms with van der Waals surface area (Å²) in [5.41, 5.74) is 0.845. The topological polar surface area (TPSA) is 38.8 Å². The Hall–Kier alpha value is -1.68. The van der Waals surface area contributed by atoms with E-state index in [0.29, 0.717) is 29.7 Å². The van der Waals surface area contributed by atoms with Gasteiger partial charge in [-0.25, -0.2) is 0 Å². The maximum atomic E-state index is 12.2. The van der Waals surface area contributed by atoms with Gasteiger partial charge in [-0.15, -0.1) is 0 Å². The van der Waals surface area contributed by atoms with Gasteiger partial charge >= 0.3 is 0 Å². The lowest BCUT2D eigenvalue weighted by atomic mass is 10.1. The number of carbonyl (C=O) groups is 1. The zero-order valence-corrected chi connectivity index (χ0v) is 13.3. The van der Waals surface area contributed by atoms with E-state index in [9.17, 15) is 4.79 Å². The Morgan fingerprint density at radius 2 is 1.82 bits per heavy atom. The van der Waals surface area contributed by atoms with Crippen LogP contribution in [0.3, 0.4) is 0 Å². The molecule has 22 heavy (non-hydrogen) atoms. The third-order valence-corrected chi connectivity index (χ3v) is 4.24. The van der Waals surface area contributed by atoms with Crippen LogP contribution in [0.5, 0.6) is 11.5 Å². The van der Waals surface area contributed by atoms with Crippen LogP contribution in [0.25, 0.3) is 6.08 Å². The number of amides is 1. The van der Waals surface area contributed by atoms with Crippen LogP contribution in [0.1, 0.15) is 31.2 Å². The highest BCUT2D eigenvalue weighted by Gasteiger charge is 2.16. The summed E-state index contributed by atoms with van der Waals surface area (Å²) in [6.45, 7) is 2.73.